The largest absolute Gasteiger partial charge is 0.327 e. The highest BCUT2D eigenvalue weighted by Crippen LogP contribution is 2.51. The Morgan fingerprint density at radius 2 is 2.33 bits per heavy atom. The van der Waals surface area contributed by atoms with Crippen molar-refractivity contribution in [2.45, 2.75) is 45.2 Å². The van der Waals surface area contributed by atoms with Gasteiger partial charge in [0.15, 0.2) is 0 Å². The summed E-state index contributed by atoms with van der Waals surface area (Å²) >= 11 is 0. The van der Waals surface area contributed by atoms with Crippen LogP contribution < -0.4 is 5.73 Å². The van der Waals surface area contributed by atoms with Gasteiger partial charge < -0.3 is 10.6 Å². The minimum absolute atomic E-state index is 0.520. The molecule has 2 heteroatoms. The SMILES string of the molecule is CCC(C)N1CCC2(CC2N)C1. The standard InChI is InChI=1S/C10H20N2/c1-3-8(2)12-5-4-10(7-12)6-9(10)11/h8-9H,3-7,11H2,1-2H3. The van der Waals surface area contributed by atoms with E-state index >= 15 is 0 Å². The number of hydrogen-bond donors (Lipinski definition) is 1. The average Bonchev–Trinajstić information content (AvgIpc) is 2.48. The van der Waals surface area contributed by atoms with Crippen LogP contribution in [0.4, 0.5) is 0 Å². The Bertz CT molecular complexity index is 181. The molecule has 0 radical (unpaired) electrons. The molecule has 1 heterocycles. The molecule has 0 bridgehead atoms. The van der Waals surface area contributed by atoms with Gasteiger partial charge in [0, 0.05) is 24.0 Å². The van der Waals surface area contributed by atoms with E-state index in [1.807, 2.05) is 0 Å². The summed E-state index contributed by atoms with van der Waals surface area (Å²) < 4.78 is 0. The Morgan fingerprint density at radius 3 is 2.75 bits per heavy atom. The number of nitrogens with zero attached hydrogens (tertiary/aromatic N) is 1. The van der Waals surface area contributed by atoms with Crippen LogP contribution >= 0.6 is 0 Å². The van der Waals surface area contributed by atoms with E-state index in [0.717, 1.165) is 6.04 Å². The lowest BCUT2D eigenvalue weighted by atomic mass is 10.1. The molecule has 2 fully saturated rings. The first-order valence-corrected chi connectivity index (χ1v) is 5.17. The summed E-state index contributed by atoms with van der Waals surface area (Å²) in [4.78, 5) is 2.60. The smallest absolute Gasteiger partial charge is 0.0115 e. The number of hydrogen-bond acceptors (Lipinski definition) is 2. The summed E-state index contributed by atoms with van der Waals surface area (Å²) in [6, 6.07) is 1.28. The first kappa shape index (κ1) is 8.52. The molecule has 1 spiro atoms. The molecule has 3 unspecified atom stereocenters. The third-order valence-electron chi connectivity index (χ3n) is 3.88. The molecule has 1 saturated carbocycles. The van der Waals surface area contributed by atoms with Crippen LogP contribution in [0.1, 0.15) is 33.1 Å². The Morgan fingerprint density at radius 1 is 1.67 bits per heavy atom. The van der Waals surface area contributed by atoms with E-state index in [2.05, 4.69) is 18.7 Å². The van der Waals surface area contributed by atoms with Gasteiger partial charge in [0.2, 0.25) is 0 Å². The van der Waals surface area contributed by atoms with E-state index < -0.39 is 0 Å². The van der Waals surface area contributed by atoms with E-state index in [4.69, 9.17) is 5.73 Å². The number of nitrogens with two attached hydrogens (primary N) is 1. The van der Waals surface area contributed by atoms with Crippen molar-refractivity contribution in [3.05, 3.63) is 0 Å². The van der Waals surface area contributed by atoms with Crippen LogP contribution in [0.5, 0.6) is 0 Å². The fraction of sp³-hybridized carbons (Fsp3) is 1.00. The summed E-state index contributed by atoms with van der Waals surface area (Å²) in [5.74, 6) is 0. The van der Waals surface area contributed by atoms with Gasteiger partial charge in [0.25, 0.3) is 0 Å². The molecule has 0 aromatic rings. The summed E-state index contributed by atoms with van der Waals surface area (Å²) in [6.45, 7) is 7.14. The highest BCUT2D eigenvalue weighted by Gasteiger charge is 2.55. The molecule has 2 rings (SSSR count). The van der Waals surface area contributed by atoms with Crippen molar-refractivity contribution >= 4 is 0 Å². The molecule has 0 amide bonds. The Balaban J connectivity index is 1.90. The molecule has 0 aromatic heterocycles. The van der Waals surface area contributed by atoms with Crippen molar-refractivity contribution in [1.82, 2.24) is 4.90 Å². The minimum Gasteiger partial charge on any atom is -0.327 e. The zero-order chi connectivity index (χ0) is 8.77. The predicted octanol–water partition coefficient (Wildman–Crippen LogP) is 1.21. The average molecular weight is 168 g/mol. The summed E-state index contributed by atoms with van der Waals surface area (Å²) in [5.41, 5.74) is 6.50. The molecule has 3 atom stereocenters. The molecule has 1 aliphatic heterocycles. The van der Waals surface area contributed by atoms with Crippen LogP contribution in [-0.4, -0.2) is 30.1 Å². The lowest BCUT2D eigenvalue weighted by Gasteiger charge is -2.22. The molecule has 2 nitrogen and oxygen atoms in total. The quantitative estimate of drug-likeness (QED) is 0.671. The molecule has 0 aromatic carbocycles. The van der Waals surface area contributed by atoms with Crippen molar-refractivity contribution in [1.29, 1.82) is 0 Å². The van der Waals surface area contributed by atoms with Gasteiger partial charge in [-0.05, 0) is 32.7 Å². The monoisotopic (exact) mass is 168 g/mol. The first-order chi connectivity index (χ1) is 5.68. The van der Waals surface area contributed by atoms with Gasteiger partial charge in [-0.2, -0.15) is 0 Å². The molecule has 1 aliphatic carbocycles. The van der Waals surface area contributed by atoms with Crippen molar-refractivity contribution in [2.24, 2.45) is 11.1 Å². The minimum atomic E-state index is 0.520. The maximum Gasteiger partial charge on any atom is 0.0115 e. The third-order valence-corrected chi connectivity index (χ3v) is 3.88. The summed E-state index contributed by atoms with van der Waals surface area (Å²) in [5, 5.41) is 0. The van der Waals surface area contributed by atoms with E-state index in [9.17, 15) is 0 Å². The number of rotatable bonds is 2. The second kappa shape index (κ2) is 2.71. The fourth-order valence-electron chi connectivity index (χ4n) is 2.41. The maximum atomic E-state index is 5.94. The zero-order valence-electron chi connectivity index (χ0n) is 8.21. The summed E-state index contributed by atoms with van der Waals surface area (Å²) in [6.07, 6.45) is 3.89. The van der Waals surface area contributed by atoms with Gasteiger partial charge in [-0.1, -0.05) is 6.92 Å². The van der Waals surface area contributed by atoms with Crippen LogP contribution in [0, 0.1) is 5.41 Å². The molecule has 12 heavy (non-hydrogen) atoms. The van der Waals surface area contributed by atoms with Gasteiger partial charge in [-0.25, -0.2) is 0 Å². The van der Waals surface area contributed by atoms with E-state index in [1.165, 1.54) is 32.4 Å². The topological polar surface area (TPSA) is 29.3 Å². The molecular weight excluding hydrogens is 148 g/mol. The third kappa shape index (κ3) is 1.17. The molecule has 2 aliphatic rings. The van der Waals surface area contributed by atoms with Crippen LogP contribution in [0.3, 0.4) is 0 Å². The molecular formula is C10H20N2. The Hall–Kier alpha value is -0.0800. The van der Waals surface area contributed by atoms with Crippen molar-refractivity contribution in [3.63, 3.8) is 0 Å². The Labute approximate surface area is 75.1 Å². The second-order valence-corrected chi connectivity index (χ2v) is 4.65. The molecule has 2 N–H and O–H groups in total. The summed E-state index contributed by atoms with van der Waals surface area (Å²) in [7, 11) is 0. The van der Waals surface area contributed by atoms with Crippen LogP contribution in [0.2, 0.25) is 0 Å². The lowest BCUT2D eigenvalue weighted by Crippen LogP contribution is -2.31. The highest BCUT2D eigenvalue weighted by atomic mass is 15.2. The van der Waals surface area contributed by atoms with Crippen LogP contribution in [-0.2, 0) is 0 Å². The van der Waals surface area contributed by atoms with Gasteiger partial charge in [0.1, 0.15) is 0 Å². The van der Waals surface area contributed by atoms with E-state index in [-0.39, 0.29) is 0 Å². The molecule has 70 valence electrons. The predicted molar refractivity (Wildman–Crippen MR) is 51.0 cm³/mol. The van der Waals surface area contributed by atoms with Gasteiger partial charge in [0.05, 0.1) is 0 Å². The first-order valence-electron chi connectivity index (χ1n) is 5.17. The lowest BCUT2D eigenvalue weighted by molar-refractivity contribution is 0.239. The fourth-order valence-corrected chi connectivity index (χ4v) is 2.41. The van der Waals surface area contributed by atoms with Crippen LogP contribution in [0.25, 0.3) is 0 Å². The van der Waals surface area contributed by atoms with Gasteiger partial charge >= 0.3 is 0 Å². The Kier molecular flexibility index (Phi) is 1.92. The second-order valence-electron chi connectivity index (χ2n) is 4.65. The normalized spacial score (nSPS) is 43.8. The van der Waals surface area contributed by atoms with E-state index in [0.29, 0.717) is 11.5 Å². The van der Waals surface area contributed by atoms with Crippen LogP contribution in [0.15, 0.2) is 0 Å². The highest BCUT2D eigenvalue weighted by molar-refractivity contribution is 5.11. The van der Waals surface area contributed by atoms with E-state index in [1.54, 1.807) is 0 Å². The van der Waals surface area contributed by atoms with Crippen molar-refractivity contribution < 1.29 is 0 Å². The van der Waals surface area contributed by atoms with Gasteiger partial charge in [-0.3, -0.25) is 0 Å². The van der Waals surface area contributed by atoms with Gasteiger partial charge in [-0.15, -0.1) is 0 Å². The van der Waals surface area contributed by atoms with Crippen molar-refractivity contribution in [2.75, 3.05) is 13.1 Å². The number of likely N-dealkylation sites (tertiary alicyclic amines) is 1. The van der Waals surface area contributed by atoms with Crippen molar-refractivity contribution in [3.8, 4) is 0 Å². The molecule has 1 saturated heterocycles. The zero-order valence-corrected chi connectivity index (χ0v) is 8.21. The maximum absolute atomic E-state index is 5.94.